The Morgan fingerprint density at radius 3 is 2.59 bits per heavy atom. The minimum atomic E-state index is -0.724. The van der Waals surface area contributed by atoms with Gasteiger partial charge in [-0.1, -0.05) is 29.8 Å². The van der Waals surface area contributed by atoms with Crippen molar-refractivity contribution in [3.05, 3.63) is 88.1 Å². The van der Waals surface area contributed by atoms with Crippen LogP contribution < -0.4 is 9.47 Å². The van der Waals surface area contributed by atoms with E-state index in [1.807, 2.05) is 32.9 Å². The highest BCUT2D eigenvalue weighted by molar-refractivity contribution is 7.99. The van der Waals surface area contributed by atoms with Crippen molar-refractivity contribution in [3.8, 4) is 22.6 Å². The summed E-state index contributed by atoms with van der Waals surface area (Å²) < 4.78 is 48.7. The van der Waals surface area contributed by atoms with Crippen LogP contribution in [-0.2, 0) is 11.3 Å². The van der Waals surface area contributed by atoms with Gasteiger partial charge >= 0.3 is 6.09 Å². The lowest BCUT2D eigenvalue weighted by Gasteiger charge is -2.35. The van der Waals surface area contributed by atoms with Crippen molar-refractivity contribution in [2.45, 2.75) is 44.3 Å². The zero-order valence-corrected chi connectivity index (χ0v) is 26.4. The average molecular weight is 637 g/mol. The molecule has 0 bridgehead atoms. The Hall–Kier alpha value is -3.82. The number of ether oxygens (including phenoxy) is 3. The Labute approximate surface area is 264 Å². The number of nitrogens with zero attached hydrogens (tertiary/aromatic N) is 2. The van der Waals surface area contributed by atoms with Gasteiger partial charge in [0.2, 0.25) is 0 Å². The number of hydrogen-bond donors (Lipinski definition) is 0. The fourth-order valence-corrected chi connectivity index (χ4v) is 6.94. The molecule has 4 aromatic rings. The fourth-order valence-electron chi connectivity index (χ4n) is 5.56. The summed E-state index contributed by atoms with van der Waals surface area (Å²) in [5, 5.41) is 0.602. The smallest absolute Gasteiger partial charge is 0.410 e. The van der Waals surface area contributed by atoms with E-state index >= 15 is 8.78 Å². The number of benzene rings is 3. The van der Waals surface area contributed by atoms with Gasteiger partial charge in [-0.3, -0.25) is 4.98 Å². The molecular formula is C34H31ClF2N2O4S. The van der Waals surface area contributed by atoms with Crippen molar-refractivity contribution in [1.82, 2.24) is 9.88 Å². The molecule has 0 radical (unpaired) electrons. The summed E-state index contributed by atoms with van der Waals surface area (Å²) in [7, 11) is 1.58. The Bertz CT molecular complexity index is 1800. The number of amides is 1. The van der Waals surface area contributed by atoms with Crippen molar-refractivity contribution in [3.63, 3.8) is 0 Å². The molecule has 10 heteroatoms. The van der Waals surface area contributed by atoms with Gasteiger partial charge in [-0.05, 0) is 74.2 Å². The minimum absolute atomic E-state index is 0.0495. The first kappa shape index (κ1) is 30.2. The molecule has 2 aliphatic heterocycles. The van der Waals surface area contributed by atoms with E-state index in [-0.39, 0.29) is 40.1 Å². The normalized spacial score (nSPS) is 14.8. The third-order valence-corrected chi connectivity index (χ3v) is 9.00. The van der Waals surface area contributed by atoms with Crippen molar-refractivity contribution >= 4 is 45.9 Å². The highest BCUT2D eigenvalue weighted by Gasteiger charge is 2.32. The summed E-state index contributed by atoms with van der Waals surface area (Å²) in [6.07, 6.45) is 1.89. The molecule has 228 valence electrons. The van der Waals surface area contributed by atoms with E-state index in [1.165, 1.54) is 12.1 Å². The lowest BCUT2D eigenvalue weighted by Crippen LogP contribution is -2.41. The van der Waals surface area contributed by atoms with Crippen LogP contribution in [0.2, 0.25) is 5.02 Å². The number of halogens is 3. The number of fused-ring (bicyclic) bond motifs is 4. The quantitative estimate of drug-likeness (QED) is 0.218. The summed E-state index contributed by atoms with van der Waals surface area (Å²) in [6.45, 7) is 6.56. The van der Waals surface area contributed by atoms with E-state index in [0.717, 1.165) is 27.2 Å². The van der Waals surface area contributed by atoms with Crippen LogP contribution in [-0.4, -0.2) is 47.5 Å². The van der Waals surface area contributed by atoms with Gasteiger partial charge in [0.15, 0.2) is 5.82 Å². The van der Waals surface area contributed by atoms with Crippen molar-refractivity contribution < 1.29 is 27.8 Å². The molecule has 0 N–H and O–H groups in total. The van der Waals surface area contributed by atoms with Crippen LogP contribution in [0.4, 0.5) is 13.6 Å². The largest absolute Gasteiger partial charge is 0.497 e. The van der Waals surface area contributed by atoms with E-state index < -0.39 is 17.2 Å². The maximum Gasteiger partial charge on any atom is 0.410 e. The summed E-state index contributed by atoms with van der Waals surface area (Å²) in [6, 6.07) is 13.3. The molecule has 44 heavy (non-hydrogen) atoms. The van der Waals surface area contributed by atoms with Gasteiger partial charge in [-0.15, -0.1) is 11.8 Å². The van der Waals surface area contributed by atoms with Gasteiger partial charge in [-0.25, -0.2) is 13.6 Å². The first-order valence-electron chi connectivity index (χ1n) is 14.2. The molecular weight excluding hydrogens is 606 g/mol. The number of aromatic nitrogens is 1. The second-order valence-electron chi connectivity index (χ2n) is 11.7. The molecule has 1 aromatic heterocycles. The Kier molecular flexibility index (Phi) is 8.20. The molecule has 0 spiro atoms. The molecule has 0 aliphatic carbocycles. The maximum atomic E-state index is 16.5. The van der Waals surface area contributed by atoms with Gasteiger partial charge in [0, 0.05) is 46.4 Å². The molecule has 6 nitrogen and oxygen atoms in total. The lowest BCUT2D eigenvalue weighted by atomic mass is 9.90. The molecule has 0 fully saturated rings. The first-order chi connectivity index (χ1) is 21.0. The van der Waals surface area contributed by atoms with E-state index in [2.05, 4.69) is 4.98 Å². The summed E-state index contributed by atoms with van der Waals surface area (Å²) in [5.41, 5.74) is 3.17. The lowest BCUT2D eigenvalue weighted by molar-refractivity contribution is 0.0265. The van der Waals surface area contributed by atoms with Crippen molar-refractivity contribution in [2.75, 3.05) is 26.0 Å². The highest BCUT2D eigenvalue weighted by Crippen LogP contribution is 2.47. The highest BCUT2D eigenvalue weighted by atomic mass is 35.5. The SMILES string of the molecule is COc1ccc(COc2cccc(F)c2-c2c(Cl)cc3c4c(cnc3c2F)SCC2=C4CCN(C(=O)OC(C)(C)C)C2)cc1. The van der Waals surface area contributed by atoms with Crippen LogP contribution in [0.5, 0.6) is 11.5 Å². The molecule has 3 aromatic carbocycles. The Balaban J connectivity index is 1.38. The molecule has 1 amide bonds. The standard InChI is InChI=1S/C34H31ClF2N2O4S/c1-34(2,3)43-33(40)39-13-12-22-20(16-39)18-44-27-15-38-32-23(28(22)27)14-24(35)29(31(32)37)30-25(36)6-5-7-26(30)42-17-19-8-10-21(41-4)11-9-19/h5-11,14-15H,12-13,16-18H2,1-4H3. The van der Waals surface area contributed by atoms with Crippen LogP contribution in [0.25, 0.3) is 27.6 Å². The molecule has 3 heterocycles. The van der Waals surface area contributed by atoms with Crippen molar-refractivity contribution in [1.29, 1.82) is 0 Å². The monoisotopic (exact) mass is 636 g/mol. The van der Waals surface area contributed by atoms with E-state index in [0.29, 0.717) is 36.4 Å². The number of carbonyl (C=O) groups is 1. The number of rotatable bonds is 5. The molecule has 6 rings (SSSR count). The Morgan fingerprint density at radius 2 is 1.86 bits per heavy atom. The van der Waals surface area contributed by atoms with Crippen LogP contribution >= 0.6 is 23.4 Å². The second kappa shape index (κ2) is 11.9. The number of methoxy groups -OCH3 is 1. The topological polar surface area (TPSA) is 60.9 Å². The molecule has 0 saturated heterocycles. The van der Waals surface area contributed by atoms with Crippen LogP contribution in [0.3, 0.4) is 0 Å². The average Bonchev–Trinajstić information content (AvgIpc) is 2.99. The third-order valence-electron chi connectivity index (χ3n) is 7.59. The number of hydrogen-bond acceptors (Lipinski definition) is 6. The van der Waals surface area contributed by atoms with Gasteiger partial charge in [0.05, 0.1) is 17.7 Å². The van der Waals surface area contributed by atoms with Crippen LogP contribution in [0, 0.1) is 11.6 Å². The summed E-state index contributed by atoms with van der Waals surface area (Å²) in [5.74, 6) is 0.167. The van der Waals surface area contributed by atoms with E-state index in [1.54, 1.807) is 54.2 Å². The van der Waals surface area contributed by atoms with Gasteiger partial charge in [0.1, 0.15) is 35.0 Å². The second-order valence-corrected chi connectivity index (χ2v) is 13.1. The predicted molar refractivity (Wildman–Crippen MR) is 169 cm³/mol. The zero-order chi connectivity index (χ0) is 31.2. The number of thioether (sulfide) groups is 1. The van der Waals surface area contributed by atoms with Gasteiger partial charge in [0.25, 0.3) is 0 Å². The summed E-state index contributed by atoms with van der Waals surface area (Å²) in [4.78, 5) is 19.9. The maximum absolute atomic E-state index is 16.5. The van der Waals surface area contributed by atoms with E-state index in [4.69, 9.17) is 25.8 Å². The minimum Gasteiger partial charge on any atom is -0.497 e. The summed E-state index contributed by atoms with van der Waals surface area (Å²) >= 11 is 8.37. The van der Waals surface area contributed by atoms with E-state index in [9.17, 15) is 4.79 Å². The first-order valence-corrected chi connectivity index (χ1v) is 15.6. The molecule has 2 aliphatic rings. The molecule has 0 saturated carbocycles. The Morgan fingerprint density at radius 1 is 1.09 bits per heavy atom. The number of pyridine rings is 1. The number of carbonyl (C=O) groups excluding carboxylic acids is 1. The van der Waals surface area contributed by atoms with Crippen molar-refractivity contribution in [2.24, 2.45) is 0 Å². The third kappa shape index (κ3) is 5.83. The van der Waals surface area contributed by atoms with Gasteiger partial charge < -0.3 is 19.1 Å². The zero-order valence-electron chi connectivity index (χ0n) is 24.8. The fraction of sp³-hybridized carbons (Fsp3) is 0.294. The molecule has 0 unspecified atom stereocenters. The van der Waals surface area contributed by atoms with Crippen LogP contribution in [0.15, 0.2) is 65.2 Å². The predicted octanol–water partition coefficient (Wildman–Crippen LogP) is 8.92. The van der Waals surface area contributed by atoms with Crippen LogP contribution in [0.1, 0.15) is 38.3 Å². The molecule has 0 atom stereocenters. The van der Waals surface area contributed by atoms with Gasteiger partial charge in [-0.2, -0.15) is 0 Å².